The molecule has 0 radical (unpaired) electrons. The number of hydrogen-bond donors (Lipinski definition) is 0. The summed E-state index contributed by atoms with van der Waals surface area (Å²) in [6, 6.07) is 0. The zero-order valence-electron chi connectivity index (χ0n) is 7.23. The monoisotopic (exact) mass is 147 g/mol. The highest BCUT2D eigenvalue weighted by Gasteiger charge is 1.98. The fourth-order valence-electron chi connectivity index (χ4n) is 0.735. The lowest BCUT2D eigenvalue weighted by Gasteiger charge is -2.15. The topological polar surface area (TPSA) is 3.24 Å². The van der Waals surface area contributed by atoms with Crippen molar-refractivity contribution in [1.82, 2.24) is 4.90 Å². The Morgan fingerprint density at radius 2 is 1.90 bits per heavy atom. The molecule has 0 heterocycles. The minimum Gasteiger partial charge on any atom is -0.304 e. The largest absolute Gasteiger partial charge is 0.304 e. The van der Waals surface area contributed by atoms with Crippen molar-refractivity contribution in [3.63, 3.8) is 0 Å². The molecule has 0 aromatic carbocycles. The molecule has 0 aromatic heterocycles. The molecule has 0 bridgehead atoms. The summed E-state index contributed by atoms with van der Waals surface area (Å²) in [5.74, 6) is 0.724. The molecule has 0 atom stereocenters. The zero-order valence-corrected chi connectivity index (χ0v) is 7.23. The normalized spacial score (nSPS) is 11.4. The van der Waals surface area contributed by atoms with Gasteiger partial charge in [-0.05, 0) is 25.9 Å². The van der Waals surface area contributed by atoms with E-state index in [9.17, 15) is 4.39 Å². The van der Waals surface area contributed by atoms with E-state index in [0.717, 1.165) is 18.9 Å². The third kappa shape index (κ3) is 6.02. The predicted octanol–water partition coefficient (Wildman–Crippen LogP) is 1.93. The molecule has 10 heavy (non-hydrogen) atoms. The van der Waals surface area contributed by atoms with E-state index < -0.39 is 0 Å². The molecule has 0 amide bonds. The Balaban J connectivity index is 3.12. The molecule has 0 fully saturated rings. The van der Waals surface area contributed by atoms with Crippen LogP contribution in [0.25, 0.3) is 0 Å². The second-order valence-electron chi connectivity index (χ2n) is 3.17. The Kier molecular flexibility index (Phi) is 5.60. The van der Waals surface area contributed by atoms with Gasteiger partial charge in [0.05, 0.1) is 0 Å². The maximum atomic E-state index is 11.7. The highest BCUT2D eigenvalue weighted by atomic mass is 19.1. The molecule has 0 aliphatic carbocycles. The van der Waals surface area contributed by atoms with E-state index in [1.54, 1.807) is 0 Å². The first-order valence-electron chi connectivity index (χ1n) is 3.91. The fourth-order valence-corrected chi connectivity index (χ4v) is 0.735. The average Bonchev–Trinajstić information content (AvgIpc) is 1.85. The molecule has 0 spiro atoms. The van der Waals surface area contributed by atoms with Crippen LogP contribution in [0.5, 0.6) is 0 Å². The summed E-state index contributed by atoms with van der Waals surface area (Å²) in [5.41, 5.74) is 0. The fraction of sp³-hybridized carbons (Fsp3) is 1.00. The summed E-state index contributed by atoms with van der Waals surface area (Å²) in [7, 11) is 1.96. The number of rotatable bonds is 5. The molecule has 2 heteroatoms. The Labute approximate surface area is 63.2 Å². The maximum Gasteiger partial charge on any atom is 0.102 e. The summed E-state index contributed by atoms with van der Waals surface area (Å²) in [6.07, 6.45) is 1.16. The van der Waals surface area contributed by atoms with Crippen LogP contribution in [-0.2, 0) is 0 Å². The lowest BCUT2D eigenvalue weighted by Crippen LogP contribution is -2.23. The van der Waals surface area contributed by atoms with Crippen LogP contribution in [0.2, 0.25) is 0 Å². The molecule has 0 aliphatic rings. The summed E-state index contributed by atoms with van der Waals surface area (Å²) < 4.78 is 11.7. The quantitative estimate of drug-likeness (QED) is 0.574. The van der Waals surface area contributed by atoms with E-state index in [1.807, 2.05) is 11.9 Å². The third-order valence-corrected chi connectivity index (χ3v) is 1.55. The van der Waals surface area contributed by atoms with E-state index in [4.69, 9.17) is 0 Å². The van der Waals surface area contributed by atoms with Crippen molar-refractivity contribution >= 4 is 0 Å². The first kappa shape index (κ1) is 9.89. The van der Waals surface area contributed by atoms with Crippen LogP contribution >= 0.6 is 0 Å². The lowest BCUT2D eigenvalue weighted by atomic mass is 10.1. The summed E-state index contributed by atoms with van der Waals surface area (Å²) in [5, 5.41) is 0. The molecule has 1 nitrogen and oxygen atoms in total. The zero-order chi connectivity index (χ0) is 7.98. The number of nitrogens with zero attached hydrogens (tertiary/aromatic N) is 1. The minimum atomic E-state index is -0.228. The second kappa shape index (κ2) is 5.66. The average molecular weight is 147 g/mol. The number of hydrogen-bond acceptors (Lipinski definition) is 1. The van der Waals surface area contributed by atoms with Gasteiger partial charge in [-0.15, -0.1) is 0 Å². The Morgan fingerprint density at radius 1 is 1.30 bits per heavy atom. The van der Waals surface area contributed by atoms with Crippen molar-refractivity contribution in [2.45, 2.75) is 20.3 Å². The van der Waals surface area contributed by atoms with Crippen molar-refractivity contribution in [2.24, 2.45) is 5.92 Å². The summed E-state index contributed by atoms with van der Waals surface area (Å²) >= 11 is 0. The number of halogens is 1. The van der Waals surface area contributed by atoms with E-state index >= 15 is 0 Å². The number of alkyl halides is 1. The van der Waals surface area contributed by atoms with E-state index in [1.165, 1.54) is 0 Å². The van der Waals surface area contributed by atoms with Crippen molar-refractivity contribution in [1.29, 1.82) is 0 Å². The van der Waals surface area contributed by atoms with Crippen LogP contribution in [0.4, 0.5) is 4.39 Å². The van der Waals surface area contributed by atoms with E-state index in [-0.39, 0.29) is 6.67 Å². The van der Waals surface area contributed by atoms with Crippen LogP contribution in [0.1, 0.15) is 20.3 Å². The molecule has 0 N–H and O–H groups in total. The molecular weight excluding hydrogens is 129 g/mol. The second-order valence-corrected chi connectivity index (χ2v) is 3.17. The SMILES string of the molecule is CC(C)CCN(C)CCF. The molecule has 0 saturated heterocycles. The van der Waals surface area contributed by atoms with Crippen LogP contribution in [0.3, 0.4) is 0 Å². The molecule has 0 unspecified atom stereocenters. The highest BCUT2D eigenvalue weighted by molar-refractivity contribution is 4.52. The van der Waals surface area contributed by atoms with Gasteiger partial charge in [0.1, 0.15) is 6.67 Å². The van der Waals surface area contributed by atoms with Crippen LogP contribution in [0.15, 0.2) is 0 Å². The van der Waals surface area contributed by atoms with Crippen LogP contribution in [-0.4, -0.2) is 31.7 Å². The van der Waals surface area contributed by atoms with Gasteiger partial charge < -0.3 is 4.90 Å². The third-order valence-electron chi connectivity index (χ3n) is 1.55. The van der Waals surface area contributed by atoms with Gasteiger partial charge >= 0.3 is 0 Å². The minimum absolute atomic E-state index is 0.228. The van der Waals surface area contributed by atoms with Gasteiger partial charge in [-0.3, -0.25) is 0 Å². The van der Waals surface area contributed by atoms with Gasteiger partial charge in [-0.1, -0.05) is 13.8 Å². The van der Waals surface area contributed by atoms with Gasteiger partial charge in [0.2, 0.25) is 0 Å². The Morgan fingerprint density at radius 3 is 2.30 bits per heavy atom. The van der Waals surface area contributed by atoms with Gasteiger partial charge in [-0.25, -0.2) is 4.39 Å². The highest BCUT2D eigenvalue weighted by Crippen LogP contribution is 1.99. The van der Waals surface area contributed by atoms with Gasteiger partial charge in [0.25, 0.3) is 0 Å². The van der Waals surface area contributed by atoms with Crippen LogP contribution in [0, 0.1) is 5.92 Å². The van der Waals surface area contributed by atoms with Crippen molar-refractivity contribution in [2.75, 3.05) is 26.8 Å². The van der Waals surface area contributed by atoms with Crippen LogP contribution < -0.4 is 0 Å². The van der Waals surface area contributed by atoms with Crippen molar-refractivity contribution < 1.29 is 4.39 Å². The van der Waals surface area contributed by atoms with E-state index in [0.29, 0.717) is 6.54 Å². The standard InChI is InChI=1S/C8H18FN/c1-8(2)4-6-10(3)7-5-9/h8H,4-7H2,1-3H3. The van der Waals surface area contributed by atoms with Crippen molar-refractivity contribution in [3.05, 3.63) is 0 Å². The predicted molar refractivity (Wildman–Crippen MR) is 42.9 cm³/mol. The molecule has 62 valence electrons. The lowest BCUT2D eigenvalue weighted by molar-refractivity contribution is 0.279. The molecular formula is C8H18FN. The first-order chi connectivity index (χ1) is 4.66. The Bertz CT molecular complexity index is 73.7. The molecule has 0 saturated carbocycles. The Hall–Kier alpha value is -0.110. The summed E-state index contributed by atoms with van der Waals surface area (Å²) in [6.45, 7) is 5.73. The van der Waals surface area contributed by atoms with Gasteiger partial charge in [-0.2, -0.15) is 0 Å². The van der Waals surface area contributed by atoms with Crippen molar-refractivity contribution in [3.8, 4) is 0 Å². The maximum absolute atomic E-state index is 11.7. The van der Waals surface area contributed by atoms with Gasteiger partial charge in [0.15, 0.2) is 0 Å². The van der Waals surface area contributed by atoms with E-state index in [2.05, 4.69) is 13.8 Å². The smallest absolute Gasteiger partial charge is 0.102 e. The summed E-state index contributed by atoms with van der Waals surface area (Å²) in [4.78, 5) is 2.03. The molecule has 0 rings (SSSR count). The van der Waals surface area contributed by atoms with Gasteiger partial charge in [0, 0.05) is 6.54 Å². The first-order valence-corrected chi connectivity index (χ1v) is 3.91. The molecule has 0 aliphatic heterocycles. The molecule has 0 aromatic rings.